The fraction of sp³-hybridized carbons (Fsp3) is 0.882. The van der Waals surface area contributed by atoms with Crippen LogP contribution in [0.2, 0.25) is 0 Å². The lowest BCUT2D eigenvalue weighted by Crippen LogP contribution is -2.47. The first-order valence-corrected chi connectivity index (χ1v) is 7.41. The van der Waals surface area contributed by atoms with E-state index in [0.717, 1.165) is 0 Å². The van der Waals surface area contributed by atoms with Crippen LogP contribution >= 0.6 is 0 Å². The van der Waals surface area contributed by atoms with Gasteiger partial charge in [0, 0.05) is 5.41 Å². The average molecular weight is 300 g/mol. The molecule has 0 bridgehead atoms. The van der Waals surface area contributed by atoms with Crippen molar-refractivity contribution in [3.05, 3.63) is 0 Å². The van der Waals surface area contributed by atoms with E-state index in [0.29, 0.717) is 0 Å². The molecule has 0 saturated carbocycles. The molecule has 0 aromatic carbocycles. The summed E-state index contributed by atoms with van der Waals surface area (Å²) < 4.78 is 11.3. The second-order valence-electron chi connectivity index (χ2n) is 8.78. The SMILES string of the molecule is CC(C)(COC(C)(C)C(=O)C(C)(C)C)OC(=O)C(C)(C)C. The van der Waals surface area contributed by atoms with Crippen molar-refractivity contribution in [2.45, 2.75) is 80.4 Å². The van der Waals surface area contributed by atoms with E-state index in [2.05, 4.69) is 0 Å². The number of hydrogen-bond acceptors (Lipinski definition) is 4. The van der Waals surface area contributed by atoms with Crippen LogP contribution < -0.4 is 0 Å². The molecule has 0 aliphatic rings. The van der Waals surface area contributed by atoms with Crippen molar-refractivity contribution >= 4 is 11.8 Å². The quantitative estimate of drug-likeness (QED) is 0.725. The van der Waals surface area contributed by atoms with Gasteiger partial charge in [-0.1, -0.05) is 20.8 Å². The molecular weight excluding hydrogens is 268 g/mol. The summed E-state index contributed by atoms with van der Waals surface area (Å²) in [5.74, 6) is -0.260. The molecule has 0 atom stereocenters. The van der Waals surface area contributed by atoms with Crippen molar-refractivity contribution in [2.75, 3.05) is 6.61 Å². The first kappa shape index (κ1) is 20.1. The van der Waals surface area contributed by atoms with Crippen molar-refractivity contribution in [1.82, 2.24) is 0 Å². The number of rotatable bonds is 5. The standard InChI is InChI=1S/C17H32O4/c1-14(2,3)12(18)17(9,10)20-11-16(7,8)21-13(19)15(4,5)6/h11H2,1-10H3. The van der Waals surface area contributed by atoms with Gasteiger partial charge < -0.3 is 9.47 Å². The Labute approximate surface area is 129 Å². The maximum Gasteiger partial charge on any atom is 0.311 e. The molecule has 0 amide bonds. The number of Topliss-reactive ketones (excluding diaryl/α,β-unsaturated/α-hetero) is 1. The van der Waals surface area contributed by atoms with Gasteiger partial charge in [0.15, 0.2) is 5.78 Å². The van der Waals surface area contributed by atoms with Crippen LogP contribution in [0.1, 0.15) is 69.2 Å². The fourth-order valence-corrected chi connectivity index (χ4v) is 1.76. The van der Waals surface area contributed by atoms with Gasteiger partial charge in [-0.15, -0.1) is 0 Å². The Morgan fingerprint density at radius 3 is 1.52 bits per heavy atom. The highest BCUT2D eigenvalue weighted by atomic mass is 16.6. The van der Waals surface area contributed by atoms with Crippen molar-refractivity contribution in [3.63, 3.8) is 0 Å². The average Bonchev–Trinajstić information content (AvgIpc) is 2.22. The Bertz CT molecular complexity index is 392. The van der Waals surface area contributed by atoms with E-state index in [-0.39, 0.29) is 18.4 Å². The summed E-state index contributed by atoms with van der Waals surface area (Å²) in [6, 6.07) is 0. The molecule has 0 fully saturated rings. The summed E-state index contributed by atoms with van der Waals surface area (Å²) >= 11 is 0. The predicted octanol–water partition coefficient (Wildman–Crippen LogP) is 3.76. The smallest absolute Gasteiger partial charge is 0.311 e. The monoisotopic (exact) mass is 300 g/mol. The third-order valence-electron chi connectivity index (χ3n) is 2.99. The molecule has 0 aromatic rings. The maximum atomic E-state index is 12.4. The highest BCUT2D eigenvalue weighted by molar-refractivity contribution is 5.90. The van der Waals surface area contributed by atoms with E-state index in [1.54, 1.807) is 48.5 Å². The van der Waals surface area contributed by atoms with E-state index >= 15 is 0 Å². The van der Waals surface area contributed by atoms with Crippen LogP contribution in [0, 0.1) is 10.8 Å². The van der Waals surface area contributed by atoms with Crippen LogP contribution in [0.25, 0.3) is 0 Å². The molecule has 0 aliphatic heterocycles. The number of esters is 1. The van der Waals surface area contributed by atoms with E-state index in [4.69, 9.17) is 9.47 Å². The van der Waals surface area contributed by atoms with E-state index < -0.39 is 22.0 Å². The van der Waals surface area contributed by atoms with Crippen molar-refractivity contribution in [2.24, 2.45) is 10.8 Å². The van der Waals surface area contributed by atoms with Crippen molar-refractivity contribution < 1.29 is 19.1 Å². The summed E-state index contributed by atoms with van der Waals surface area (Å²) in [4.78, 5) is 24.3. The zero-order chi connectivity index (χ0) is 17.3. The molecule has 0 N–H and O–H groups in total. The van der Waals surface area contributed by atoms with Gasteiger partial charge in [-0.2, -0.15) is 0 Å². The third-order valence-corrected chi connectivity index (χ3v) is 2.99. The topological polar surface area (TPSA) is 52.6 Å². The Kier molecular flexibility index (Phi) is 5.81. The van der Waals surface area contributed by atoms with Gasteiger partial charge in [-0.3, -0.25) is 9.59 Å². The molecule has 0 radical (unpaired) electrons. The summed E-state index contributed by atoms with van der Waals surface area (Å²) in [5.41, 5.74) is -2.73. The van der Waals surface area contributed by atoms with E-state index in [1.165, 1.54) is 0 Å². The highest BCUT2D eigenvalue weighted by Crippen LogP contribution is 2.27. The molecule has 124 valence electrons. The van der Waals surface area contributed by atoms with Gasteiger partial charge in [0.2, 0.25) is 0 Å². The van der Waals surface area contributed by atoms with Gasteiger partial charge in [0.25, 0.3) is 0 Å². The molecule has 0 rings (SSSR count). The van der Waals surface area contributed by atoms with E-state index in [1.807, 2.05) is 20.8 Å². The van der Waals surface area contributed by atoms with Gasteiger partial charge in [-0.05, 0) is 48.5 Å². The lowest BCUT2D eigenvalue weighted by atomic mass is 9.82. The third kappa shape index (κ3) is 6.60. The van der Waals surface area contributed by atoms with Crippen molar-refractivity contribution in [1.29, 1.82) is 0 Å². The Hall–Kier alpha value is -0.900. The van der Waals surface area contributed by atoms with Gasteiger partial charge in [-0.25, -0.2) is 0 Å². The fourth-order valence-electron chi connectivity index (χ4n) is 1.76. The van der Waals surface area contributed by atoms with Gasteiger partial charge >= 0.3 is 5.97 Å². The summed E-state index contributed by atoms with van der Waals surface area (Å²) in [6.07, 6.45) is 0. The van der Waals surface area contributed by atoms with Crippen LogP contribution in [-0.4, -0.2) is 29.6 Å². The summed E-state index contributed by atoms with van der Waals surface area (Å²) in [5, 5.41) is 0. The minimum Gasteiger partial charge on any atom is -0.457 e. The Morgan fingerprint density at radius 1 is 0.762 bits per heavy atom. The molecule has 0 heterocycles. The summed E-state index contributed by atoms with van der Waals surface area (Å²) in [6.45, 7) is 18.3. The largest absolute Gasteiger partial charge is 0.457 e. The number of carbonyl (C=O) groups excluding carboxylic acids is 2. The Morgan fingerprint density at radius 2 is 1.19 bits per heavy atom. The lowest BCUT2D eigenvalue weighted by molar-refractivity contribution is -0.180. The van der Waals surface area contributed by atoms with E-state index in [9.17, 15) is 9.59 Å². The van der Waals surface area contributed by atoms with Crippen LogP contribution in [0.5, 0.6) is 0 Å². The molecule has 21 heavy (non-hydrogen) atoms. The number of ether oxygens (including phenoxy) is 2. The molecule has 0 spiro atoms. The minimum atomic E-state index is -0.913. The minimum absolute atomic E-state index is 0.0212. The van der Waals surface area contributed by atoms with Crippen molar-refractivity contribution in [3.8, 4) is 0 Å². The van der Waals surface area contributed by atoms with Crippen LogP contribution in [-0.2, 0) is 19.1 Å². The molecule has 4 nitrogen and oxygen atoms in total. The predicted molar refractivity (Wildman–Crippen MR) is 84.1 cm³/mol. The highest BCUT2D eigenvalue weighted by Gasteiger charge is 2.39. The zero-order valence-electron chi connectivity index (χ0n) is 15.3. The molecule has 0 aliphatic carbocycles. The number of ketones is 1. The summed E-state index contributed by atoms with van der Waals surface area (Å²) in [7, 11) is 0. The molecule has 4 heteroatoms. The van der Waals surface area contributed by atoms with Crippen LogP contribution in [0.15, 0.2) is 0 Å². The second kappa shape index (κ2) is 6.07. The molecule has 0 saturated heterocycles. The van der Waals surface area contributed by atoms with Crippen LogP contribution in [0.3, 0.4) is 0 Å². The maximum absolute atomic E-state index is 12.4. The molecule has 0 unspecified atom stereocenters. The molecule has 0 aromatic heterocycles. The van der Waals surface area contributed by atoms with Gasteiger partial charge in [0.1, 0.15) is 11.2 Å². The number of carbonyl (C=O) groups is 2. The van der Waals surface area contributed by atoms with Gasteiger partial charge in [0.05, 0.1) is 12.0 Å². The Balaban J connectivity index is 4.77. The first-order chi connectivity index (χ1) is 8.99. The normalized spacial score (nSPS) is 14.0. The molecular formula is C17H32O4. The zero-order valence-corrected chi connectivity index (χ0v) is 15.3. The first-order valence-electron chi connectivity index (χ1n) is 7.41. The lowest BCUT2D eigenvalue weighted by Gasteiger charge is -2.35. The number of hydrogen-bond donors (Lipinski definition) is 0. The second-order valence-corrected chi connectivity index (χ2v) is 8.78. The van der Waals surface area contributed by atoms with Crippen LogP contribution in [0.4, 0.5) is 0 Å².